The SMILES string of the molecule is CNC(=O)Cn1cc(NC(=O)CCc2ccc(Cl)cc2)cn1. The summed E-state index contributed by atoms with van der Waals surface area (Å²) in [6.07, 6.45) is 4.14. The van der Waals surface area contributed by atoms with E-state index >= 15 is 0 Å². The van der Waals surface area contributed by atoms with Gasteiger partial charge in [-0.15, -0.1) is 0 Å². The average Bonchev–Trinajstić information content (AvgIpc) is 2.93. The molecule has 0 aliphatic heterocycles. The standard InChI is InChI=1S/C15H17ClN4O2/c1-17-15(22)10-20-9-13(8-18-20)19-14(21)7-4-11-2-5-12(16)6-3-11/h2-3,5-6,8-9H,4,7,10H2,1H3,(H,17,22)(H,19,21). The molecule has 7 heteroatoms. The zero-order chi connectivity index (χ0) is 15.9. The van der Waals surface area contributed by atoms with E-state index in [1.165, 1.54) is 10.9 Å². The van der Waals surface area contributed by atoms with Crippen LogP contribution in [-0.2, 0) is 22.6 Å². The minimum atomic E-state index is -0.149. The molecule has 0 unspecified atom stereocenters. The third kappa shape index (κ3) is 4.89. The molecular weight excluding hydrogens is 304 g/mol. The molecule has 0 fully saturated rings. The van der Waals surface area contributed by atoms with Crippen LogP contribution in [0.3, 0.4) is 0 Å². The fourth-order valence-corrected chi connectivity index (χ4v) is 2.00. The van der Waals surface area contributed by atoms with Gasteiger partial charge in [-0.1, -0.05) is 23.7 Å². The molecule has 0 aliphatic carbocycles. The first-order valence-electron chi connectivity index (χ1n) is 6.84. The normalized spacial score (nSPS) is 10.3. The average molecular weight is 321 g/mol. The Hall–Kier alpha value is -2.34. The van der Waals surface area contributed by atoms with Crippen molar-refractivity contribution in [2.75, 3.05) is 12.4 Å². The van der Waals surface area contributed by atoms with Crippen molar-refractivity contribution in [3.8, 4) is 0 Å². The Morgan fingerprint density at radius 2 is 1.95 bits per heavy atom. The Bertz CT molecular complexity index is 652. The molecule has 2 aromatic rings. The molecule has 0 saturated carbocycles. The van der Waals surface area contributed by atoms with Crippen LogP contribution in [0.1, 0.15) is 12.0 Å². The van der Waals surface area contributed by atoms with Crippen molar-refractivity contribution in [3.05, 3.63) is 47.2 Å². The second kappa shape index (κ2) is 7.61. The van der Waals surface area contributed by atoms with E-state index in [2.05, 4.69) is 15.7 Å². The minimum absolute atomic E-state index is 0.102. The van der Waals surface area contributed by atoms with E-state index in [-0.39, 0.29) is 18.4 Å². The third-order valence-corrected chi connectivity index (χ3v) is 3.31. The van der Waals surface area contributed by atoms with E-state index in [4.69, 9.17) is 11.6 Å². The number of carbonyl (C=O) groups is 2. The van der Waals surface area contributed by atoms with E-state index in [1.807, 2.05) is 12.1 Å². The number of nitrogens with zero attached hydrogens (tertiary/aromatic N) is 2. The predicted octanol–water partition coefficient (Wildman–Crippen LogP) is 1.85. The number of hydrogen-bond acceptors (Lipinski definition) is 3. The van der Waals surface area contributed by atoms with E-state index in [9.17, 15) is 9.59 Å². The molecule has 0 aliphatic rings. The van der Waals surface area contributed by atoms with Crippen molar-refractivity contribution in [1.29, 1.82) is 0 Å². The van der Waals surface area contributed by atoms with Gasteiger partial charge in [-0.05, 0) is 24.1 Å². The quantitative estimate of drug-likeness (QED) is 0.853. The first kappa shape index (κ1) is 16.0. The second-order valence-corrected chi connectivity index (χ2v) is 5.21. The number of likely N-dealkylation sites (N-methyl/N-ethyl adjacent to an activating group) is 1. The summed E-state index contributed by atoms with van der Waals surface area (Å²) < 4.78 is 1.47. The number of rotatable bonds is 6. The van der Waals surface area contributed by atoms with Crippen molar-refractivity contribution in [2.45, 2.75) is 19.4 Å². The Morgan fingerprint density at radius 1 is 1.23 bits per heavy atom. The van der Waals surface area contributed by atoms with Gasteiger partial charge in [-0.25, -0.2) is 0 Å². The van der Waals surface area contributed by atoms with Crippen molar-refractivity contribution in [3.63, 3.8) is 0 Å². The van der Waals surface area contributed by atoms with Crippen LogP contribution in [0.5, 0.6) is 0 Å². The van der Waals surface area contributed by atoms with Gasteiger partial charge in [0.1, 0.15) is 6.54 Å². The van der Waals surface area contributed by atoms with Crippen molar-refractivity contribution in [1.82, 2.24) is 15.1 Å². The fourth-order valence-electron chi connectivity index (χ4n) is 1.87. The number of benzene rings is 1. The molecule has 22 heavy (non-hydrogen) atoms. The van der Waals surface area contributed by atoms with Gasteiger partial charge in [-0.3, -0.25) is 14.3 Å². The highest BCUT2D eigenvalue weighted by Gasteiger charge is 2.07. The van der Waals surface area contributed by atoms with Gasteiger partial charge in [0, 0.05) is 24.7 Å². The second-order valence-electron chi connectivity index (χ2n) is 4.77. The van der Waals surface area contributed by atoms with Crippen LogP contribution in [0.15, 0.2) is 36.7 Å². The van der Waals surface area contributed by atoms with Gasteiger partial charge in [0.2, 0.25) is 11.8 Å². The summed E-state index contributed by atoms with van der Waals surface area (Å²) in [5.41, 5.74) is 1.62. The Morgan fingerprint density at radius 3 is 2.64 bits per heavy atom. The molecule has 0 saturated heterocycles. The fraction of sp³-hybridized carbons (Fsp3) is 0.267. The Kier molecular flexibility index (Phi) is 5.55. The number of carbonyl (C=O) groups excluding carboxylic acids is 2. The lowest BCUT2D eigenvalue weighted by Crippen LogP contribution is -2.23. The molecule has 0 atom stereocenters. The third-order valence-electron chi connectivity index (χ3n) is 3.06. The maximum atomic E-state index is 11.9. The number of nitrogens with one attached hydrogen (secondary N) is 2. The molecule has 0 spiro atoms. The largest absolute Gasteiger partial charge is 0.358 e. The predicted molar refractivity (Wildman–Crippen MR) is 84.7 cm³/mol. The maximum absolute atomic E-state index is 11.9. The number of halogens is 1. The maximum Gasteiger partial charge on any atom is 0.241 e. The smallest absolute Gasteiger partial charge is 0.241 e. The van der Waals surface area contributed by atoms with E-state index in [0.717, 1.165) is 5.56 Å². The topological polar surface area (TPSA) is 76.0 Å². The molecule has 1 aromatic heterocycles. The van der Waals surface area contributed by atoms with Crippen molar-refractivity contribution < 1.29 is 9.59 Å². The molecule has 0 radical (unpaired) electrons. The van der Waals surface area contributed by atoms with E-state index in [0.29, 0.717) is 23.6 Å². The highest BCUT2D eigenvalue weighted by atomic mass is 35.5. The number of aromatic nitrogens is 2. The summed E-state index contributed by atoms with van der Waals surface area (Å²) in [6, 6.07) is 7.41. The lowest BCUT2D eigenvalue weighted by molar-refractivity contribution is -0.121. The van der Waals surface area contributed by atoms with Crippen LogP contribution in [0.4, 0.5) is 5.69 Å². The molecule has 1 aromatic carbocycles. The minimum Gasteiger partial charge on any atom is -0.358 e. The summed E-state index contributed by atoms with van der Waals surface area (Å²) in [6.45, 7) is 0.122. The van der Waals surface area contributed by atoms with Gasteiger partial charge >= 0.3 is 0 Å². The summed E-state index contributed by atoms with van der Waals surface area (Å²) >= 11 is 5.81. The summed E-state index contributed by atoms with van der Waals surface area (Å²) in [4.78, 5) is 23.1. The summed E-state index contributed by atoms with van der Waals surface area (Å²) in [5.74, 6) is -0.252. The molecule has 2 amide bonds. The van der Waals surface area contributed by atoms with E-state index < -0.39 is 0 Å². The van der Waals surface area contributed by atoms with Crippen LogP contribution in [0.25, 0.3) is 0 Å². The Balaban J connectivity index is 1.81. The molecular formula is C15H17ClN4O2. The number of hydrogen-bond donors (Lipinski definition) is 2. The molecule has 116 valence electrons. The lowest BCUT2D eigenvalue weighted by atomic mass is 10.1. The van der Waals surface area contributed by atoms with Gasteiger partial charge in [0.25, 0.3) is 0 Å². The number of aryl methyl sites for hydroxylation is 1. The molecule has 0 bridgehead atoms. The van der Waals surface area contributed by atoms with Gasteiger partial charge < -0.3 is 10.6 Å². The van der Waals surface area contributed by atoms with Gasteiger partial charge in [0.05, 0.1) is 11.9 Å². The molecule has 6 nitrogen and oxygen atoms in total. The van der Waals surface area contributed by atoms with Gasteiger partial charge in [-0.2, -0.15) is 5.10 Å². The highest BCUT2D eigenvalue weighted by molar-refractivity contribution is 6.30. The van der Waals surface area contributed by atoms with Gasteiger partial charge in [0.15, 0.2) is 0 Å². The van der Waals surface area contributed by atoms with Crippen LogP contribution in [0, 0.1) is 0 Å². The number of amides is 2. The highest BCUT2D eigenvalue weighted by Crippen LogP contribution is 2.12. The first-order chi connectivity index (χ1) is 10.6. The monoisotopic (exact) mass is 320 g/mol. The molecule has 1 heterocycles. The molecule has 2 rings (SSSR count). The zero-order valence-electron chi connectivity index (χ0n) is 12.2. The summed E-state index contributed by atoms with van der Waals surface area (Å²) in [7, 11) is 1.56. The molecule has 2 N–H and O–H groups in total. The van der Waals surface area contributed by atoms with Crippen LogP contribution in [0.2, 0.25) is 5.02 Å². The van der Waals surface area contributed by atoms with Crippen molar-refractivity contribution >= 4 is 29.1 Å². The lowest BCUT2D eigenvalue weighted by Gasteiger charge is -2.03. The first-order valence-corrected chi connectivity index (χ1v) is 7.22. The van der Waals surface area contributed by atoms with Crippen LogP contribution < -0.4 is 10.6 Å². The zero-order valence-corrected chi connectivity index (χ0v) is 12.9. The van der Waals surface area contributed by atoms with Crippen molar-refractivity contribution in [2.24, 2.45) is 0 Å². The van der Waals surface area contributed by atoms with Crippen LogP contribution in [-0.4, -0.2) is 28.6 Å². The van der Waals surface area contributed by atoms with E-state index in [1.54, 1.807) is 25.4 Å². The number of anilines is 1. The van der Waals surface area contributed by atoms with Crippen LogP contribution >= 0.6 is 11.6 Å². The summed E-state index contributed by atoms with van der Waals surface area (Å²) in [5, 5.41) is 9.95. The Labute approximate surface area is 133 Å².